The Labute approximate surface area is 118 Å². The number of rotatable bonds is 4. The number of hydrogen-bond donors (Lipinski definition) is 0. The lowest BCUT2D eigenvalue weighted by atomic mass is 9.85. The third-order valence-corrected chi connectivity index (χ3v) is 4.55. The normalized spacial score (nSPS) is 19.2. The van der Waals surface area contributed by atoms with Crippen molar-refractivity contribution >= 4 is 27.5 Å². The minimum Gasteiger partial charge on any atom is -0.123 e. The Morgan fingerprint density at radius 2 is 1.76 bits per heavy atom. The molecule has 0 N–H and O–H groups in total. The summed E-state index contributed by atoms with van der Waals surface area (Å²) in [6.07, 6.45) is 9.23. The first-order valence-electron chi connectivity index (χ1n) is 6.62. The molecule has 0 heterocycles. The van der Waals surface area contributed by atoms with Crippen molar-refractivity contribution in [2.45, 2.75) is 50.3 Å². The minimum atomic E-state index is 0.305. The smallest absolute Gasteiger partial charge is 0.0379 e. The van der Waals surface area contributed by atoms with Crippen LogP contribution in [0.3, 0.4) is 0 Å². The van der Waals surface area contributed by atoms with E-state index in [1.54, 1.807) is 0 Å². The third-order valence-electron chi connectivity index (χ3n) is 3.68. The van der Waals surface area contributed by atoms with Crippen molar-refractivity contribution in [2.24, 2.45) is 5.92 Å². The summed E-state index contributed by atoms with van der Waals surface area (Å²) in [6.45, 7) is 0. The van der Waals surface area contributed by atoms with Crippen molar-refractivity contribution < 1.29 is 0 Å². The molecule has 1 aromatic rings. The molecule has 1 unspecified atom stereocenters. The van der Waals surface area contributed by atoms with E-state index >= 15 is 0 Å². The van der Waals surface area contributed by atoms with Gasteiger partial charge in [-0.25, -0.2) is 0 Å². The van der Waals surface area contributed by atoms with Gasteiger partial charge in [0.05, 0.1) is 0 Å². The van der Waals surface area contributed by atoms with Gasteiger partial charge in [-0.1, -0.05) is 60.2 Å². The van der Waals surface area contributed by atoms with Crippen LogP contribution in [0.5, 0.6) is 0 Å². The highest BCUT2D eigenvalue weighted by molar-refractivity contribution is 9.10. The quantitative estimate of drug-likeness (QED) is 0.637. The van der Waals surface area contributed by atoms with Gasteiger partial charge in [-0.2, -0.15) is 0 Å². The zero-order valence-corrected chi connectivity index (χ0v) is 12.5. The van der Waals surface area contributed by atoms with E-state index in [2.05, 4.69) is 40.2 Å². The van der Waals surface area contributed by atoms with Gasteiger partial charge in [-0.3, -0.25) is 0 Å². The molecule has 0 spiro atoms. The second kappa shape index (κ2) is 6.80. The van der Waals surface area contributed by atoms with E-state index < -0.39 is 0 Å². The summed E-state index contributed by atoms with van der Waals surface area (Å²) in [5.41, 5.74) is 1.35. The van der Waals surface area contributed by atoms with Gasteiger partial charge in [0.2, 0.25) is 0 Å². The molecule has 1 aromatic carbocycles. The lowest BCUT2D eigenvalue weighted by molar-refractivity contribution is 0.334. The van der Waals surface area contributed by atoms with Gasteiger partial charge in [0.25, 0.3) is 0 Å². The Morgan fingerprint density at radius 3 is 2.41 bits per heavy atom. The van der Waals surface area contributed by atoms with E-state index in [4.69, 9.17) is 11.6 Å². The van der Waals surface area contributed by atoms with Crippen LogP contribution < -0.4 is 0 Å². The van der Waals surface area contributed by atoms with Gasteiger partial charge in [0, 0.05) is 9.85 Å². The van der Waals surface area contributed by atoms with Crippen LogP contribution in [0.25, 0.3) is 0 Å². The van der Waals surface area contributed by atoms with Gasteiger partial charge in [0.1, 0.15) is 0 Å². The summed E-state index contributed by atoms with van der Waals surface area (Å²) < 4.78 is 1.14. The second-order valence-corrected chi connectivity index (χ2v) is 6.70. The van der Waals surface area contributed by atoms with Crippen LogP contribution in [0, 0.1) is 5.92 Å². The summed E-state index contributed by atoms with van der Waals surface area (Å²) in [7, 11) is 0. The van der Waals surface area contributed by atoms with Gasteiger partial charge in [0.15, 0.2) is 0 Å². The zero-order valence-electron chi connectivity index (χ0n) is 10.2. The lowest BCUT2D eigenvalue weighted by Gasteiger charge is -2.23. The summed E-state index contributed by atoms with van der Waals surface area (Å²) in [5.74, 6) is 0.877. The van der Waals surface area contributed by atoms with Crippen LogP contribution in [0.15, 0.2) is 28.7 Å². The fourth-order valence-corrected chi connectivity index (χ4v) is 3.44. The summed E-state index contributed by atoms with van der Waals surface area (Å²) in [5, 5.41) is 0.305. The van der Waals surface area contributed by atoms with Gasteiger partial charge >= 0.3 is 0 Å². The molecule has 0 amide bonds. The van der Waals surface area contributed by atoms with Crippen molar-refractivity contribution in [3.05, 3.63) is 34.3 Å². The predicted molar refractivity (Wildman–Crippen MR) is 78.7 cm³/mol. The number of benzene rings is 1. The average molecular weight is 316 g/mol. The molecule has 0 aromatic heterocycles. The maximum atomic E-state index is 6.48. The molecule has 1 atom stereocenters. The molecule has 2 heteroatoms. The molecule has 94 valence electrons. The van der Waals surface area contributed by atoms with Crippen LogP contribution >= 0.6 is 27.5 Å². The van der Waals surface area contributed by atoms with E-state index in [-0.39, 0.29) is 0 Å². The summed E-state index contributed by atoms with van der Waals surface area (Å²) in [6, 6.07) is 8.53. The Hall–Kier alpha value is -0.0100. The van der Waals surface area contributed by atoms with E-state index in [1.807, 2.05) is 0 Å². The molecule has 0 aliphatic heterocycles. The molecule has 0 nitrogen and oxygen atoms in total. The van der Waals surface area contributed by atoms with E-state index in [0.717, 1.165) is 16.8 Å². The van der Waals surface area contributed by atoms with Gasteiger partial charge in [-0.05, 0) is 36.5 Å². The van der Waals surface area contributed by atoms with E-state index in [0.29, 0.717) is 5.38 Å². The highest BCUT2D eigenvalue weighted by atomic mass is 79.9. The minimum absolute atomic E-state index is 0.305. The predicted octanol–water partition coefficient (Wildman–Crippen LogP) is 5.57. The number of halogens is 2. The van der Waals surface area contributed by atoms with Crippen molar-refractivity contribution in [1.29, 1.82) is 0 Å². The molecule has 1 aliphatic rings. The molecule has 1 aliphatic carbocycles. The summed E-state index contributed by atoms with van der Waals surface area (Å²) >= 11 is 9.94. The SMILES string of the molecule is ClC(Cc1ccc(Br)cc1)CC1CCCCC1. The first-order chi connectivity index (χ1) is 8.24. The highest BCUT2D eigenvalue weighted by Crippen LogP contribution is 2.29. The highest BCUT2D eigenvalue weighted by Gasteiger charge is 2.17. The van der Waals surface area contributed by atoms with Gasteiger partial charge < -0.3 is 0 Å². The Bertz CT molecular complexity index is 327. The molecule has 17 heavy (non-hydrogen) atoms. The van der Waals surface area contributed by atoms with E-state index in [1.165, 1.54) is 44.1 Å². The van der Waals surface area contributed by atoms with Crippen LogP contribution in [0.1, 0.15) is 44.1 Å². The van der Waals surface area contributed by atoms with Crippen LogP contribution in [0.4, 0.5) is 0 Å². The zero-order chi connectivity index (χ0) is 12.1. The molecule has 1 fully saturated rings. The second-order valence-electron chi connectivity index (χ2n) is 5.17. The first-order valence-corrected chi connectivity index (χ1v) is 7.85. The Balaban J connectivity index is 1.79. The molecule has 0 saturated heterocycles. The molecule has 2 rings (SSSR count). The maximum Gasteiger partial charge on any atom is 0.0379 e. The molecule has 0 bridgehead atoms. The Morgan fingerprint density at radius 1 is 1.12 bits per heavy atom. The Kier molecular flexibility index (Phi) is 5.37. The van der Waals surface area contributed by atoms with Crippen LogP contribution in [-0.4, -0.2) is 5.38 Å². The number of alkyl halides is 1. The standard InChI is InChI=1S/C15H20BrCl/c16-14-8-6-13(7-9-14)11-15(17)10-12-4-2-1-3-5-12/h6-9,12,15H,1-5,10-11H2. The largest absolute Gasteiger partial charge is 0.123 e. The molecule has 1 saturated carbocycles. The maximum absolute atomic E-state index is 6.48. The van der Waals surface area contributed by atoms with Crippen LogP contribution in [0.2, 0.25) is 0 Å². The van der Waals surface area contributed by atoms with E-state index in [9.17, 15) is 0 Å². The first kappa shape index (κ1) is 13.4. The fourth-order valence-electron chi connectivity index (χ4n) is 2.74. The molecular weight excluding hydrogens is 296 g/mol. The van der Waals surface area contributed by atoms with Crippen molar-refractivity contribution in [2.75, 3.05) is 0 Å². The van der Waals surface area contributed by atoms with Crippen molar-refractivity contribution in [3.63, 3.8) is 0 Å². The fraction of sp³-hybridized carbons (Fsp3) is 0.600. The topological polar surface area (TPSA) is 0 Å². The van der Waals surface area contributed by atoms with Crippen molar-refractivity contribution in [3.8, 4) is 0 Å². The van der Waals surface area contributed by atoms with Gasteiger partial charge in [-0.15, -0.1) is 11.6 Å². The van der Waals surface area contributed by atoms with Crippen LogP contribution in [-0.2, 0) is 6.42 Å². The molecule has 0 radical (unpaired) electrons. The third kappa shape index (κ3) is 4.63. The monoisotopic (exact) mass is 314 g/mol. The molecular formula is C15H20BrCl. The average Bonchev–Trinajstić information content (AvgIpc) is 2.33. The number of hydrogen-bond acceptors (Lipinski definition) is 0. The lowest BCUT2D eigenvalue weighted by Crippen LogP contribution is -2.14. The van der Waals surface area contributed by atoms with Crippen molar-refractivity contribution in [1.82, 2.24) is 0 Å². The summed E-state index contributed by atoms with van der Waals surface area (Å²) in [4.78, 5) is 0.